The van der Waals surface area contributed by atoms with Gasteiger partial charge < -0.3 is 14.6 Å². The first kappa shape index (κ1) is 17.4. The molecule has 0 radical (unpaired) electrons. The molecule has 2 rings (SSSR count). The maximum absolute atomic E-state index is 11.8. The molecule has 0 bridgehead atoms. The summed E-state index contributed by atoms with van der Waals surface area (Å²) in [6, 6.07) is 7.70. The minimum Gasteiger partial charge on any atom is -0.511 e. The number of carbonyl (C=O) groups is 2. The third-order valence-electron chi connectivity index (χ3n) is 3.83. The third-order valence-corrected chi connectivity index (χ3v) is 4.88. The van der Waals surface area contributed by atoms with Gasteiger partial charge in [0.25, 0.3) is 0 Å². The molecule has 1 aliphatic carbocycles. The molecule has 0 heterocycles. The van der Waals surface area contributed by atoms with Crippen molar-refractivity contribution in [1.82, 2.24) is 0 Å². The largest absolute Gasteiger partial charge is 0.511 e. The van der Waals surface area contributed by atoms with Gasteiger partial charge in [-0.05, 0) is 42.4 Å². The Kier molecular flexibility index (Phi) is 6.10. The highest BCUT2D eigenvalue weighted by Gasteiger charge is 2.37. The molecule has 1 aromatic rings. The van der Waals surface area contributed by atoms with Gasteiger partial charge in [0.05, 0.1) is 14.2 Å². The Morgan fingerprint density at radius 3 is 2.61 bits per heavy atom. The Labute approximate surface area is 139 Å². The van der Waals surface area contributed by atoms with Crippen molar-refractivity contribution >= 4 is 23.5 Å². The SMILES string of the molecule is COC(=O)C1C(O)=CC(=O)CC1CCSc1ccc(OC)cc1. The molecule has 0 spiro atoms. The van der Waals surface area contributed by atoms with Gasteiger partial charge in [-0.1, -0.05) is 0 Å². The van der Waals surface area contributed by atoms with Gasteiger partial charge in [0.2, 0.25) is 0 Å². The molecule has 124 valence electrons. The molecule has 0 aromatic heterocycles. The van der Waals surface area contributed by atoms with Gasteiger partial charge >= 0.3 is 5.97 Å². The number of rotatable bonds is 6. The first-order chi connectivity index (χ1) is 11.0. The molecule has 1 N–H and O–H groups in total. The number of hydrogen-bond acceptors (Lipinski definition) is 6. The van der Waals surface area contributed by atoms with Crippen LogP contribution in [0.3, 0.4) is 0 Å². The molecular formula is C17H20O5S. The molecule has 0 aliphatic heterocycles. The number of aliphatic hydroxyl groups is 1. The second kappa shape index (κ2) is 8.06. The Balaban J connectivity index is 1.95. The summed E-state index contributed by atoms with van der Waals surface area (Å²) in [5.41, 5.74) is 0. The predicted octanol–water partition coefficient (Wildman–Crippen LogP) is 3.00. The highest BCUT2D eigenvalue weighted by molar-refractivity contribution is 7.99. The average molecular weight is 336 g/mol. The van der Waals surface area contributed by atoms with Gasteiger partial charge in [-0.3, -0.25) is 9.59 Å². The zero-order valence-electron chi connectivity index (χ0n) is 13.2. The van der Waals surface area contributed by atoms with Crippen molar-refractivity contribution < 1.29 is 24.2 Å². The number of aliphatic hydroxyl groups excluding tert-OH is 1. The lowest BCUT2D eigenvalue weighted by molar-refractivity contribution is -0.147. The second-order valence-corrected chi connectivity index (χ2v) is 6.48. The maximum atomic E-state index is 11.8. The smallest absolute Gasteiger partial charge is 0.316 e. The minimum absolute atomic E-state index is 0.151. The summed E-state index contributed by atoms with van der Waals surface area (Å²) in [6.07, 6.45) is 2.03. The van der Waals surface area contributed by atoms with Gasteiger partial charge in [0.15, 0.2) is 5.78 Å². The number of carbonyl (C=O) groups excluding carboxylic acids is 2. The van der Waals surface area contributed by atoms with Crippen LogP contribution < -0.4 is 4.74 Å². The number of benzene rings is 1. The topological polar surface area (TPSA) is 72.8 Å². The molecule has 6 heteroatoms. The summed E-state index contributed by atoms with van der Waals surface area (Å²) in [7, 11) is 2.91. The Hall–Kier alpha value is -1.95. The van der Waals surface area contributed by atoms with Gasteiger partial charge in [-0.25, -0.2) is 0 Å². The number of ether oxygens (including phenoxy) is 2. The molecule has 0 saturated carbocycles. The van der Waals surface area contributed by atoms with Gasteiger partial charge in [0, 0.05) is 17.4 Å². The molecule has 0 amide bonds. The highest BCUT2D eigenvalue weighted by atomic mass is 32.2. The molecule has 5 nitrogen and oxygen atoms in total. The van der Waals surface area contributed by atoms with E-state index < -0.39 is 11.9 Å². The number of hydrogen-bond donors (Lipinski definition) is 1. The van der Waals surface area contributed by atoms with Crippen LogP contribution in [0.2, 0.25) is 0 Å². The molecule has 23 heavy (non-hydrogen) atoms. The van der Waals surface area contributed by atoms with Gasteiger partial charge in [0.1, 0.15) is 17.4 Å². The zero-order valence-corrected chi connectivity index (χ0v) is 14.0. The van der Waals surface area contributed by atoms with Crippen LogP contribution in [0, 0.1) is 11.8 Å². The molecule has 1 aliphatic rings. The highest BCUT2D eigenvalue weighted by Crippen LogP contribution is 2.33. The molecular weight excluding hydrogens is 316 g/mol. The van der Waals surface area contributed by atoms with Crippen molar-refractivity contribution in [3.05, 3.63) is 36.1 Å². The van der Waals surface area contributed by atoms with Crippen molar-refractivity contribution in [2.75, 3.05) is 20.0 Å². The second-order valence-electron chi connectivity index (χ2n) is 5.31. The van der Waals surface area contributed by atoms with Crippen LogP contribution >= 0.6 is 11.8 Å². The Morgan fingerprint density at radius 1 is 1.30 bits per heavy atom. The minimum atomic E-state index is -0.742. The molecule has 2 unspecified atom stereocenters. The fourth-order valence-electron chi connectivity index (χ4n) is 2.64. The van der Waals surface area contributed by atoms with E-state index in [0.717, 1.165) is 22.5 Å². The predicted molar refractivity (Wildman–Crippen MR) is 87.7 cm³/mol. The van der Waals surface area contributed by atoms with E-state index in [1.165, 1.54) is 7.11 Å². The van der Waals surface area contributed by atoms with Crippen molar-refractivity contribution in [2.24, 2.45) is 11.8 Å². The third kappa shape index (κ3) is 4.51. The number of ketones is 1. The van der Waals surface area contributed by atoms with Crippen molar-refractivity contribution in [1.29, 1.82) is 0 Å². The summed E-state index contributed by atoms with van der Waals surface area (Å²) >= 11 is 1.64. The number of allylic oxidation sites excluding steroid dienone is 1. The van der Waals surface area contributed by atoms with Crippen LogP contribution in [0.5, 0.6) is 5.75 Å². The van der Waals surface area contributed by atoms with Crippen LogP contribution in [0.4, 0.5) is 0 Å². The number of esters is 1. The summed E-state index contributed by atoms with van der Waals surface area (Å²) in [5, 5.41) is 9.90. The summed E-state index contributed by atoms with van der Waals surface area (Å²) in [5.74, 6) is -0.265. The van der Waals surface area contributed by atoms with E-state index in [4.69, 9.17) is 9.47 Å². The first-order valence-corrected chi connectivity index (χ1v) is 8.31. The number of thioether (sulfide) groups is 1. The van der Waals surface area contributed by atoms with E-state index in [-0.39, 0.29) is 23.9 Å². The van der Waals surface area contributed by atoms with E-state index in [1.54, 1.807) is 18.9 Å². The van der Waals surface area contributed by atoms with Gasteiger partial charge in [-0.2, -0.15) is 0 Å². The van der Waals surface area contributed by atoms with E-state index in [9.17, 15) is 14.7 Å². The lowest BCUT2D eigenvalue weighted by Gasteiger charge is -2.27. The molecule has 0 fully saturated rings. The first-order valence-electron chi connectivity index (χ1n) is 7.33. The van der Waals surface area contributed by atoms with Crippen LogP contribution in [0.25, 0.3) is 0 Å². The van der Waals surface area contributed by atoms with E-state index in [1.807, 2.05) is 24.3 Å². The van der Waals surface area contributed by atoms with Crippen LogP contribution in [0.1, 0.15) is 12.8 Å². The van der Waals surface area contributed by atoms with Crippen LogP contribution in [-0.2, 0) is 14.3 Å². The monoisotopic (exact) mass is 336 g/mol. The van der Waals surface area contributed by atoms with Gasteiger partial charge in [-0.15, -0.1) is 11.8 Å². The van der Waals surface area contributed by atoms with Crippen molar-refractivity contribution in [3.63, 3.8) is 0 Å². The summed E-state index contributed by atoms with van der Waals surface area (Å²) in [6.45, 7) is 0. The van der Waals surface area contributed by atoms with E-state index in [2.05, 4.69) is 0 Å². The van der Waals surface area contributed by atoms with Crippen molar-refractivity contribution in [3.8, 4) is 5.75 Å². The summed E-state index contributed by atoms with van der Waals surface area (Å²) < 4.78 is 9.86. The quantitative estimate of drug-likeness (QED) is 0.636. The summed E-state index contributed by atoms with van der Waals surface area (Å²) in [4.78, 5) is 24.6. The van der Waals surface area contributed by atoms with Crippen molar-refractivity contribution in [2.45, 2.75) is 17.7 Å². The standard InChI is InChI=1S/C17H20O5S/c1-21-13-3-5-14(6-4-13)23-8-7-11-9-12(18)10-15(19)16(11)17(20)22-2/h3-6,10-11,16,19H,7-9H2,1-2H3. The fraction of sp³-hybridized carbons (Fsp3) is 0.412. The Morgan fingerprint density at radius 2 is 2.00 bits per heavy atom. The molecule has 0 saturated heterocycles. The fourth-order valence-corrected chi connectivity index (χ4v) is 3.63. The van der Waals surface area contributed by atoms with Crippen LogP contribution in [0.15, 0.2) is 41.0 Å². The van der Waals surface area contributed by atoms with Crippen LogP contribution in [-0.4, -0.2) is 36.8 Å². The van der Waals surface area contributed by atoms with E-state index >= 15 is 0 Å². The zero-order chi connectivity index (χ0) is 16.8. The normalized spacial score (nSPS) is 20.8. The lowest BCUT2D eigenvalue weighted by Crippen LogP contribution is -2.32. The van der Waals surface area contributed by atoms with E-state index in [0.29, 0.717) is 6.42 Å². The number of methoxy groups -OCH3 is 2. The average Bonchev–Trinajstić information content (AvgIpc) is 2.54. The molecule has 1 aromatic carbocycles. The maximum Gasteiger partial charge on any atom is 0.316 e. The molecule has 2 atom stereocenters. The lowest BCUT2D eigenvalue weighted by atomic mass is 9.80. The Bertz CT molecular complexity index is 594.